The van der Waals surface area contributed by atoms with Crippen LogP contribution in [-0.4, -0.2) is 36.5 Å². The van der Waals surface area contributed by atoms with E-state index in [1.165, 1.54) is 0 Å². The topological polar surface area (TPSA) is 58.4 Å². The molecule has 0 bridgehead atoms. The average molecular weight is 284 g/mol. The molecular formula is C14H22ClN3O. The lowest BCUT2D eigenvalue weighted by atomic mass is 10.1. The van der Waals surface area contributed by atoms with E-state index in [4.69, 9.17) is 17.3 Å². The first-order valence-electron chi connectivity index (χ1n) is 6.56. The molecule has 4 nitrogen and oxygen atoms in total. The van der Waals surface area contributed by atoms with E-state index >= 15 is 0 Å². The molecule has 0 spiro atoms. The van der Waals surface area contributed by atoms with Crippen LogP contribution in [0.3, 0.4) is 0 Å². The molecule has 0 aliphatic rings. The van der Waals surface area contributed by atoms with Crippen LogP contribution >= 0.6 is 11.6 Å². The van der Waals surface area contributed by atoms with Crippen molar-refractivity contribution in [1.82, 2.24) is 10.2 Å². The van der Waals surface area contributed by atoms with Gasteiger partial charge in [-0.1, -0.05) is 31.5 Å². The number of carbonyl (C=O) groups excluding carboxylic acids is 1. The Morgan fingerprint density at radius 2 is 2.05 bits per heavy atom. The maximum absolute atomic E-state index is 12.1. The number of halogens is 1. The smallest absolute Gasteiger partial charge is 0.253 e. The number of rotatable bonds is 6. The monoisotopic (exact) mass is 283 g/mol. The lowest BCUT2D eigenvalue weighted by Crippen LogP contribution is -2.42. The van der Waals surface area contributed by atoms with Gasteiger partial charge in [-0.05, 0) is 32.1 Å². The maximum Gasteiger partial charge on any atom is 0.253 e. The number of amides is 1. The molecule has 0 saturated carbocycles. The van der Waals surface area contributed by atoms with Crippen molar-refractivity contribution in [1.29, 1.82) is 0 Å². The normalized spacial score (nSPS) is 12.5. The van der Waals surface area contributed by atoms with Crippen molar-refractivity contribution in [2.75, 3.05) is 25.4 Å². The summed E-state index contributed by atoms with van der Waals surface area (Å²) in [6.45, 7) is 8.95. The molecule has 19 heavy (non-hydrogen) atoms. The minimum absolute atomic E-state index is 0.0609. The van der Waals surface area contributed by atoms with Crippen molar-refractivity contribution in [3.63, 3.8) is 0 Å². The number of hydrogen-bond acceptors (Lipinski definition) is 3. The molecule has 0 fully saturated rings. The molecular weight excluding hydrogens is 262 g/mol. The van der Waals surface area contributed by atoms with E-state index in [0.29, 0.717) is 16.3 Å². The summed E-state index contributed by atoms with van der Waals surface area (Å²) in [6.07, 6.45) is 0. The van der Waals surface area contributed by atoms with E-state index in [1.807, 2.05) is 6.92 Å². The van der Waals surface area contributed by atoms with E-state index in [9.17, 15) is 4.79 Å². The van der Waals surface area contributed by atoms with Crippen molar-refractivity contribution in [3.8, 4) is 0 Å². The molecule has 1 amide bonds. The third kappa shape index (κ3) is 4.40. The van der Waals surface area contributed by atoms with Gasteiger partial charge < -0.3 is 16.0 Å². The van der Waals surface area contributed by atoms with Gasteiger partial charge in [-0.25, -0.2) is 0 Å². The van der Waals surface area contributed by atoms with Crippen LogP contribution in [0.1, 0.15) is 31.1 Å². The molecule has 0 radical (unpaired) electrons. The number of hydrogen-bond donors (Lipinski definition) is 2. The first-order chi connectivity index (χ1) is 8.99. The fourth-order valence-corrected chi connectivity index (χ4v) is 2.13. The molecule has 3 N–H and O–H groups in total. The number of para-hydroxylation sites is 1. The molecule has 0 aliphatic carbocycles. The summed E-state index contributed by atoms with van der Waals surface area (Å²) < 4.78 is 0. The van der Waals surface area contributed by atoms with Crippen LogP contribution < -0.4 is 11.1 Å². The lowest BCUT2D eigenvalue weighted by Gasteiger charge is -2.23. The summed E-state index contributed by atoms with van der Waals surface area (Å²) in [7, 11) is 0. The van der Waals surface area contributed by atoms with Gasteiger partial charge in [-0.2, -0.15) is 0 Å². The fourth-order valence-electron chi connectivity index (χ4n) is 1.95. The quantitative estimate of drug-likeness (QED) is 0.788. The van der Waals surface area contributed by atoms with Gasteiger partial charge in [0.15, 0.2) is 0 Å². The van der Waals surface area contributed by atoms with Gasteiger partial charge in [0.05, 0.1) is 16.3 Å². The average Bonchev–Trinajstić information content (AvgIpc) is 2.38. The van der Waals surface area contributed by atoms with E-state index < -0.39 is 0 Å². The number of benzene rings is 1. The summed E-state index contributed by atoms with van der Waals surface area (Å²) in [6, 6.07) is 5.14. The Kier molecular flexibility index (Phi) is 6.12. The summed E-state index contributed by atoms with van der Waals surface area (Å²) in [5.74, 6) is -0.181. The van der Waals surface area contributed by atoms with Crippen LogP contribution in [0, 0.1) is 0 Å². The fraction of sp³-hybridized carbons (Fsp3) is 0.500. The van der Waals surface area contributed by atoms with Gasteiger partial charge in [-0.3, -0.25) is 4.79 Å². The molecule has 1 rings (SSSR count). The Balaban J connectivity index is 2.66. The second-order valence-electron chi connectivity index (χ2n) is 4.56. The molecule has 1 aromatic rings. The largest absolute Gasteiger partial charge is 0.397 e. The highest BCUT2D eigenvalue weighted by molar-refractivity contribution is 6.33. The first-order valence-corrected chi connectivity index (χ1v) is 6.94. The molecule has 106 valence electrons. The van der Waals surface area contributed by atoms with Crippen molar-refractivity contribution >= 4 is 23.2 Å². The predicted octanol–water partition coefficient (Wildman–Crippen LogP) is 2.38. The second-order valence-corrected chi connectivity index (χ2v) is 4.97. The van der Waals surface area contributed by atoms with Crippen LogP contribution in [-0.2, 0) is 0 Å². The molecule has 5 heteroatoms. The zero-order chi connectivity index (χ0) is 14.4. The van der Waals surface area contributed by atoms with Gasteiger partial charge in [0.2, 0.25) is 0 Å². The maximum atomic E-state index is 12.1. The highest BCUT2D eigenvalue weighted by Gasteiger charge is 2.15. The van der Waals surface area contributed by atoms with Crippen molar-refractivity contribution in [3.05, 3.63) is 28.8 Å². The Morgan fingerprint density at radius 3 is 2.63 bits per heavy atom. The summed E-state index contributed by atoms with van der Waals surface area (Å²) in [4.78, 5) is 14.4. The minimum atomic E-state index is -0.181. The minimum Gasteiger partial charge on any atom is -0.397 e. The van der Waals surface area contributed by atoms with Gasteiger partial charge >= 0.3 is 0 Å². The van der Waals surface area contributed by atoms with E-state index in [-0.39, 0.29) is 11.9 Å². The standard InChI is InChI=1S/C14H22ClN3O/c1-4-18(5-2)9-10(3)17-14(19)11-7-6-8-12(15)13(11)16/h6-8,10H,4-5,9,16H2,1-3H3,(H,17,19). The van der Waals surface area contributed by atoms with Gasteiger partial charge in [-0.15, -0.1) is 0 Å². The van der Waals surface area contributed by atoms with Crippen LogP contribution in [0.15, 0.2) is 18.2 Å². The molecule has 1 aromatic carbocycles. The van der Waals surface area contributed by atoms with Crippen LogP contribution in [0.4, 0.5) is 5.69 Å². The van der Waals surface area contributed by atoms with Crippen molar-refractivity contribution in [2.45, 2.75) is 26.8 Å². The van der Waals surface area contributed by atoms with E-state index in [2.05, 4.69) is 24.1 Å². The zero-order valence-corrected chi connectivity index (χ0v) is 12.5. The Labute approximate surface area is 119 Å². The van der Waals surface area contributed by atoms with Crippen LogP contribution in [0.25, 0.3) is 0 Å². The summed E-state index contributed by atoms with van der Waals surface area (Å²) >= 11 is 5.91. The lowest BCUT2D eigenvalue weighted by molar-refractivity contribution is 0.0931. The molecule has 0 saturated heterocycles. The van der Waals surface area contributed by atoms with Crippen LogP contribution in [0.2, 0.25) is 5.02 Å². The van der Waals surface area contributed by atoms with E-state index in [1.54, 1.807) is 18.2 Å². The second kappa shape index (κ2) is 7.36. The number of nitrogens with one attached hydrogen (secondary N) is 1. The molecule has 0 heterocycles. The first kappa shape index (κ1) is 15.8. The van der Waals surface area contributed by atoms with E-state index in [0.717, 1.165) is 19.6 Å². The molecule has 1 unspecified atom stereocenters. The van der Waals surface area contributed by atoms with Gasteiger partial charge in [0.1, 0.15) is 0 Å². The number of likely N-dealkylation sites (N-methyl/N-ethyl adjacent to an activating group) is 1. The number of nitrogens with zero attached hydrogens (tertiary/aromatic N) is 1. The zero-order valence-electron chi connectivity index (χ0n) is 11.7. The summed E-state index contributed by atoms with van der Waals surface area (Å²) in [5.41, 5.74) is 6.57. The number of nitrogen functional groups attached to an aromatic ring is 1. The highest BCUT2D eigenvalue weighted by Crippen LogP contribution is 2.22. The van der Waals surface area contributed by atoms with Crippen molar-refractivity contribution < 1.29 is 4.79 Å². The van der Waals surface area contributed by atoms with Crippen LogP contribution in [0.5, 0.6) is 0 Å². The Hall–Kier alpha value is -1.26. The third-order valence-electron chi connectivity index (χ3n) is 3.10. The number of carbonyl (C=O) groups is 1. The third-order valence-corrected chi connectivity index (χ3v) is 3.43. The number of anilines is 1. The SMILES string of the molecule is CCN(CC)CC(C)NC(=O)c1cccc(Cl)c1N. The van der Waals surface area contributed by atoms with Gasteiger partial charge in [0.25, 0.3) is 5.91 Å². The molecule has 1 atom stereocenters. The Morgan fingerprint density at radius 1 is 1.42 bits per heavy atom. The Bertz CT molecular complexity index is 433. The number of nitrogens with two attached hydrogens (primary N) is 1. The molecule has 0 aliphatic heterocycles. The predicted molar refractivity (Wildman–Crippen MR) is 80.6 cm³/mol. The van der Waals surface area contributed by atoms with Crippen molar-refractivity contribution in [2.24, 2.45) is 0 Å². The highest BCUT2D eigenvalue weighted by atomic mass is 35.5. The summed E-state index contributed by atoms with van der Waals surface area (Å²) in [5, 5.41) is 3.35. The van der Waals surface area contributed by atoms with Gasteiger partial charge in [0, 0.05) is 12.6 Å². The molecule has 0 aromatic heterocycles.